The number of nitrogens with two attached hydrogens (primary N) is 1. The molecule has 0 bridgehead atoms. The second-order valence-corrected chi connectivity index (χ2v) is 7.15. The third-order valence-electron chi connectivity index (χ3n) is 4.44. The summed E-state index contributed by atoms with van der Waals surface area (Å²) in [5.41, 5.74) is 7.87. The fourth-order valence-corrected chi connectivity index (χ4v) is 2.54. The molecule has 0 unspecified atom stereocenters. The minimum atomic E-state index is 0.135. The first-order valence-corrected chi connectivity index (χ1v) is 8.26. The summed E-state index contributed by atoms with van der Waals surface area (Å²) >= 11 is 0. The lowest BCUT2D eigenvalue weighted by Crippen LogP contribution is -2.26. The molecule has 124 valence electrons. The van der Waals surface area contributed by atoms with E-state index in [2.05, 4.69) is 61.6 Å². The van der Waals surface area contributed by atoms with Crippen LogP contribution in [0.25, 0.3) is 0 Å². The third-order valence-corrected chi connectivity index (χ3v) is 4.44. The van der Waals surface area contributed by atoms with Crippen LogP contribution in [0.2, 0.25) is 0 Å². The van der Waals surface area contributed by atoms with E-state index in [9.17, 15) is 0 Å². The Kier molecular flexibility index (Phi) is 10.7. The van der Waals surface area contributed by atoms with Gasteiger partial charge < -0.3 is 5.73 Å². The Labute approximate surface area is 134 Å². The lowest BCUT2D eigenvalue weighted by molar-refractivity contribution is 0.304. The van der Waals surface area contributed by atoms with Crippen molar-refractivity contribution in [3.63, 3.8) is 0 Å². The maximum atomic E-state index is 4.85. The molecule has 0 aromatic rings. The molecule has 1 heteroatoms. The predicted octanol–water partition coefficient (Wildman–Crippen LogP) is 6.13. The lowest BCUT2D eigenvalue weighted by Gasteiger charge is -2.37. The maximum absolute atomic E-state index is 4.85. The molecule has 0 saturated carbocycles. The highest BCUT2D eigenvalue weighted by Crippen LogP contribution is 2.43. The van der Waals surface area contributed by atoms with E-state index in [0.717, 1.165) is 6.54 Å². The highest BCUT2D eigenvalue weighted by Gasteiger charge is 2.31. The summed E-state index contributed by atoms with van der Waals surface area (Å²) in [6, 6.07) is 0. The van der Waals surface area contributed by atoms with E-state index in [-0.39, 0.29) is 10.8 Å². The zero-order valence-corrected chi connectivity index (χ0v) is 15.8. The van der Waals surface area contributed by atoms with Crippen molar-refractivity contribution in [1.82, 2.24) is 0 Å². The molecular formula is C20H39N. The van der Waals surface area contributed by atoms with Gasteiger partial charge in [0, 0.05) is 0 Å². The molecule has 0 amide bonds. The van der Waals surface area contributed by atoms with Crippen LogP contribution in [0.3, 0.4) is 0 Å². The van der Waals surface area contributed by atoms with Crippen LogP contribution in [0, 0.1) is 16.7 Å². The Balaban J connectivity index is 0. The van der Waals surface area contributed by atoms with Crippen LogP contribution in [0.5, 0.6) is 0 Å². The number of hydrogen-bond acceptors (Lipinski definition) is 1. The van der Waals surface area contributed by atoms with Crippen molar-refractivity contribution < 1.29 is 0 Å². The predicted molar refractivity (Wildman–Crippen MR) is 99.5 cm³/mol. The summed E-state index contributed by atoms with van der Waals surface area (Å²) in [7, 11) is 0. The van der Waals surface area contributed by atoms with E-state index in [0.29, 0.717) is 5.92 Å². The zero-order chi connectivity index (χ0) is 17.3. The third kappa shape index (κ3) is 6.65. The van der Waals surface area contributed by atoms with Gasteiger partial charge in [0.1, 0.15) is 0 Å². The SMILES string of the molecule is C=C/C(=C(\C=C)C(C)(C)C(C)C)C(C)(C)CCC.CCN. The van der Waals surface area contributed by atoms with Gasteiger partial charge in [0.25, 0.3) is 0 Å². The molecular weight excluding hydrogens is 254 g/mol. The van der Waals surface area contributed by atoms with Gasteiger partial charge in [-0.15, -0.1) is 0 Å². The molecule has 0 spiro atoms. The zero-order valence-electron chi connectivity index (χ0n) is 15.8. The van der Waals surface area contributed by atoms with Crippen molar-refractivity contribution in [2.75, 3.05) is 6.54 Å². The highest BCUT2D eigenvalue weighted by atomic mass is 14.5. The van der Waals surface area contributed by atoms with Crippen molar-refractivity contribution in [2.24, 2.45) is 22.5 Å². The van der Waals surface area contributed by atoms with Gasteiger partial charge >= 0.3 is 0 Å². The molecule has 0 fully saturated rings. The molecule has 21 heavy (non-hydrogen) atoms. The van der Waals surface area contributed by atoms with E-state index < -0.39 is 0 Å². The van der Waals surface area contributed by atoms with Crippen molar-refractivity contribution in [3.05, 3.63) is 36.5 Å². The number of allylic oxidation sites excluding steroid dienone is 4. The normalized spacial score (nSPS) is 13.2. The molecule has 0 aromatic carbocycles. The summed E-state index contributed by atoms with van der Waals surface area (Å²) in [4.78, 5) is 0. The molecule has 1 nitrogen and oxygen atoms in total. The van der Waals surface area contributed by atoms with Crippen LogP contribution in [-0.4, -0.2) is 6.54 Å². The van der Waals surface area contributed by atoms with E-state index in [1.54, 1.807) is 0 Å². The first-order chi connectivity index (χ1) is 9.56. The molecule has 0 radical (unpaired) electrons. The van der Waals surface area contributed by atoms with Crippen LogP contribution in [-0.2, 0) is 0 Å². The second kappa shape index (κ2) is 10.00. The van der Waals surface area contributed by atoms with Crippen LogP contribution in [0.4, 0.5) is 0 Å². The Morgan fingerprint density at radius 2 is 1.38 bits per heavy atom. The largest absolute Gasteiger partial charge is 0.331 e. The molecule has 0 aliphatic rings. The van der Waals surface area contributed by atoms with E-state index >= 15 is 0 Å². The van der Waals surface area contributed by atoms with Crippen molar-refractivity contribution in [2.45, 2.75) is 68.2 Å². The summed E-state index contributed by atoms with van der Waals surface area (Å²) in [5.74, 6) is 0.581. The van der Waals surface area contributed by atoms with Gasteiger partial charge in [-0.2, -0.15) is 0 Å². The van der Waals surface area contributed by atoms with E-state index in [1.807, 2.05) is 19.1 Å². The quantitative estimate of drug-likeness (QED) is 0.561. The Morgan fingerprint density at radius 3 is 1.62 bits per heavy atom. The number of rotatable bonds is 7. The van der Waals surface area contributed by atoms with Gasteiger partial charge in [0.05, 0.1) is 0 Å². The van der Waals surface area contributed by atoms with Gasteiger partial charge in [-0.05, 0) is 40.9 Å². The smallest absolute Gasteiger partial charge is 0.00778 e. The van der Waals surface area contributed by atoms with Crippen LogP contribution in [0.15, 0.2) is 36.5 Å². The standard InChI is InChI=1S/C18H32.C2H7N/c1-10-13-17(6,7)15(11-2)16(12-3)18(8,9)14(4)5;1-2-3/h11-12,14H,2-3,10,13H2,1,4-9H3;2-3H2,1H3/b16-15-;. The fourth-order valence-electron chi connectivity index (χ4n) is 2.54. The highest BCUT2D eigenvalue weighted by molar-refractivity contribution is 5.39. The lowest BCUT2D eigenvalue weighted by atomic mass is 9.67. The fraction of sp³-hybridized carbons (Fsp3) is 0.700. The Bertz CT molecular complexity index is 343. The van der Waals surface area contributed by atoms with Crippen LogP contribution in [0.1, 0.15) is 68.2 Å². The maximum Gasteiger partial charge on any atom is -0.00778 e. The molecule has 0 saturated heterocycles. The van der Waals surface area contributed by atoms with Crippen molar-refractivity contribution >= 4 is 0 Å². The Hall–Kier alpha value is -0.820. The first kappa shape index (κ1) is 22.5. The summed E-state index contributed by atoms with van der Waals surface area (Å²) in [6.45, 7) is 26.8. The molecule has 0 rings (SSSR count). The second-order valence-electron chi connectivity index (χ2n) is 7.15. The summed E-state index contributed by atoms with van der Waals surface area (Å²) < 4.78 is 0. The van der Waals surface area contributed by atoms with E-state index in [4.69, 9.17) is 5.73 Å². The summed E-state index contributed by atoms with van der Waals surface area (Å²) in [5, 5.41) is 0. The topological polar surface area (TPSA) is 26.0 Å². The van der Waals surface area contributed by atoms with Gasteiger partial charge in [-0.1, -0.05) is 87.1 Å². The Morgan fingerprint density at radius 1 is 1.00 bits per heavy atom. The van der Waals surface area contributed by atoms with Crippen molar-refractivity contribution in [3.8, 4) is 0 Å². The molecule has 0 aromatic heterocycles. The molecule has 0 aliphatic heterocycles. The summed E-state index contributed by atoms with van der Waals surface area (Å²) in [6.07, 6.45) is 6.45. The van der Waals surface area contributed by atoms with Gasteiger partial charge in [0.15, 0.2) is 0 Å². The monoisotopic (exact) mass is 293 g/mol. The molecule has 0 heterocycles. The molecule has 0 atom stereocenters. The van der Waals surface area contributed by atoms with E-state index in [1.165, 1.54) is 24.0 Å². The van der Waals surface area contributed by atoms with Gasteiger partial charge in [0.2, 0.25) is 0 Å². The van der Waals surface area contributed by atoms with Gasteiger partial charge in [-0.25, -0.2) is 0 Å². The first-order valence-electron chi connectivity index (χ1n) is 8.26. The van der Waals surface area contributed by atoms with Gasteiger partial charge in [-0.3, -0.25) is 0 Å². The average molecular weight is 294 g/mol. The molecule has 2 N–H and O–H groups in total. The molecule has 0 aliphatic carbocycles. The van der Waals surface area contributed by atoms with Crippen molar-refractivity contribution in [1.29, 1.82) is 0 Å². The number of hydrogen-bond donors (Lipinski definition) is 1. The minimum Gasteiger partial charge on any atom is -0.331 e. The average Bonchev–Trinajstić information content (AvgIpc) is 2.35. The van der Waals surface area contributed by atoms with Crippen LogP contribution >= 0.6 is 0 Å². The van der Waals surface area contributed by atoms with Crippen LogP contribution < -0.4 is 5.73 Å². The minimum absolute atomic E-state index is 0.135.